The molecule has 33 heavy (non-hydrogen) atoms. The molecule has 1 saturated heterocycles. The summed E-state index contributed by atoms with van der Waals surface area (Å²) < 4.78 is 43.9. The van der Waals surface area contributed by atoms with Crippen molar-refractivity contribution in [3.8, 4) is 17.1 Å². The highest BCUT2D eigenvalue weighted by molar-refractivity contribution is 5.56. The van der Waals surface area contributed by atoms with Crippen molar-refractivity contribution in [1.82, 2.24) is 20.2 Å². The van der Waals surface area contributed by atoms with E-state index in [-0.39, 0.29) is 0 Å². The van der Waals surface area contributed by atoms with Gasteiger partial charge in [-0.1, -0.05) is 30.3 Å². The minimum Gasteiger partial charge on any atom is -0.496 e. The maximum atomic E-state index is 12.8. The molecular formula is C25H29F3N4O. The lowest BCUT2D eigenvalue weighted by Gasteiger charge is -2.32. The Balaban J connectivity index is 1.30. The predicted molar refractivity (Wildman–Crippen MR) is 122 cm³/mol. The molecule has 0 bridgehead atoms. The Labute approximate surface area is 192 Å². The Morgan fingerprint density at radius 1 is 1.09 bits per heavy atom. The van der Waals surface area contributed by atoms with E-state index in [1.807, 2.05) is 25.1 Å². The molecule has 2 N–H and O–H groups in total. The molecule has 0 spiro atoms. The van der Waals surface area contributed by atoms with Crippen LogP contribution in [0.4, 0.5) is 13.2 Å². The Bertz CT molecular complexity index is 1050. The quantitative estimate of drug-likeness (QED) is 0.513. The predicted octanol–water partition coefficient (Wildman–Crippen LogP) is 5.17. The Hall–Kier alpha value is -2.84. The van der Waals surface area contributed by atoms with Crippen molar-refractivity contribution in [3.05, 3.63) is 71.0 Å². The van der Waals surface area contributed by atoms with Crippen molar-refractivity contribution >= 4 is 0 Å². The molecule has 0 amide bonds. The summed E-state index contributed by atoms with van der Waals surface area (Å²) in [4.78, 5) is 10.3. The van der Waals surface area contributed by atoms with Gasteiger partial charge in [-0.3, -0.25) is 4.90 Å². The van der Waals surface area contributed by atoms with E-state index >= 15 is 0 Å². The average Bonchev–Trinajstić information content (AvgIpc) is 3.18. The number of halogens is 3. The Morgan fingerprint density at radius 3 is 2.45 bits per heavy atom. The van der Waals surface area contributed by atoms with Crippen molar-refractivity contribution in [1.29, 1.82) is 0 Å². The fourth-order valence-electron chi connectivity index (χ4n) is 4.21. The third-order valence-electron chi connectivity index (χ3n) is 6.21. The molecule has 1 aliphatic heterocycles. The summed E-state index contributed by atoms with van der Waals surface area (Å²) in [7, 11) is 1.69. The number of aromatic amines is 1. The zero-order valence-corrected chi connectivity index (χ0v) is 18.9. The maximum Gasteiger partial charge on any atom is 0.416 e. The van der Waals surface area contributed by atoms with Gasteiger partial charge in [-0.25, -0.2) is 4.98 Å². The van der Waals surface area contributed by atoms with Gasteiger partial charge in [-0.05, 0) is 38.0 Å². The van der Waals surface area contributed by atoms with E-state index in [1.54, 1.807) is 7.11 Å². The molecule has 8 heteroatoms. The number of para-hydroxylation sites is 1. The van der Waals surface area contributed by atoms with E-state index in [2.05, 4.69) is 26.3 Å². The van der Waals surface area contributed by atoms with Crippen LogP contribution >= 0.6 is 0 Å². The fourth-order valence-corrected chi connectivity index (χ4v) is 4.21. The SMILES string of the molecule is COc1ccccc1CNC1CCN(Cc2nc(-c3ccc(C(F)(F)F)cc3)[nH]c2C)CC1. The number of piperidine rings is 1. The molecule has 5 nitrogen and oxygen atoms in total. The number of H-pyrrole nitrogens is 1. The highest BCUT2D eigenvalue weighted by atomic mass is 19.4. The molecule has 3 aromatic rings. The largest absolute Gasteiger partial charge is 0.496 e. The van der Waals surface area contributed by atoms with Crippen molar-refractivity contribution in [2.75, 3.05) is 20.2 Å². The van der Waals surface area contributed by atoms with Gasteiger partial charge in [0.2, 0.25) is 0 Å². The first-order chi connectivity index (χ1) is 15.8. The lowest BCUT2D eigenvalue weighted by Crippen LogP contribution is -2.42. The molecule has 0 saturated carbocycles. The number of nitrogens with one attached hydrogen (secondary N) is 2. The number of likely N-dealkylation sites (tertiary alicyclic amines) is 1. The second kappa shape index (κ2) is 9.97. The number of ether oxygens (including phenoxy) is 1. The number of methoxy groups -OCH3 is 1. The summed E-state index contributed by atoms with van der Waals surface area (Å²) in [6.45, 7) is 5.39. The van der Waals surface area contributed by atoms with Crippen LogP contribution in [0.5, 0.6) is 5.75 Å². The van der Waals surface area contributed by atoms with Crippen molar-refractivity contribution in [3.63, 3.8) is 0 Å². The highest BCUT2D eigenvalue weighted by Gasteiger charge is 2.30. The van der Waals surface area contributed by atoms with Crippen molar-refractivity contribution in [2.45, 2.75) is 45.1 Å². The van der Waals surface area contributed by atoms with Gasteiger partial charge in [0.05, 0.1) is 18.4 Å². The van der Waals surface area contributed by atoms with E-state index in [4.69, 9.17) is 4.74 Å². The third-order valence-corrected chi connectivity index (χ3v) is 6.21. The van der Waals surface area contributed by atoms with E-state index in [0.29, 0.717) is 17.4 Å². The lowest BCUT2D eigenvalue weighted by atomic mass is 10.0. The normalized spacial score (nSPS) is 15.7. The first-order valence-corrected chi connectivity index (χ1v) is 11.1. The van der Waals surface area contributed by atoms with Gasteiger partial charge in [0, 0.05) is 49.0 Å². The molecule has 0 aliphatic carbocycles. The monoisotopic (exact) mass is 458 g/mol. The number of rotatable bonds is 7. The lowest BCUT2D eigenvalue weighted by molar-refractivity contribution is -0.137. The number of hydrogen-bond acceptors (Lipinski definition) is 4. The zero-order chi connectivity index (χ0) is 23.4. The molecule has 2 heterocycles. The summed E-state index contributed by atoms with van der Waals surface area (Å²) in [6.07, 6.45) is -2.24. The van der Waals surface area contributed by atoms with Gasteiger partial charge < -0.3 is 15.0 Å². The number of benzene rings is 2. The molecule has 1 aliphatic rings. The standard InChI is InChI=1S/C25H29F3N4O/c1-17-22(31-24(30-17)18-7-9-20(10-8-18)25(26,27)28)16-32-13-11-21(12-14-32)29-15-19-5-3-4-6-23(19)33-2/h3-10,21,29H,11-16H2,1-2H3,(H,30,31). The van der Waals surface area contributed by atoms with E-state index < -0.39 is 11.7 Å². The third kappa shape index (κ3) is 5.75. The van der Waals surface area contributed by atoms with Gasteiger partial charge in [0.25, 0.3) is 0 Å². The smallest absolute Gasteiger partial charge is 0.416 e. The summed E-state index contributed by atoms with van der Waals surface area (Å²) in [5.74, 6) is 1.50. The molecule has 1 aromatic heterocycles. The molecule has 4 rings (SSSR count). The van der Waals surface area contributed by atoms with Gasteiger partial charge in [-0.15, -0.1) is 0 Å². The van der Waals surface area contributed by atoms with Crippen LogP contribution in [0.15, 0.2) is 48.5 Å². The van der Waals surface area contributed by atoms with Crippen LogP contribution in [0, 0.1) is 6.92 Å². The van der Waals surface area contributed by atoms with Gasteiger partial charge in [-0.2, -0.15) is 13.2 Å². The van der Waals surface area contributed by atoms with Crippen molar-refractivity contribution < 1.29 is 17.9 Å². The first-order valence-electron chi connectivity index (χ1n) is 11.1. The second-order valence-corrected chi connectivity index (χ2v) is 8.48. The summed E-state index contributed by atoms with van der Waals surface area (Å²) in [5.41, 5.74) is 3.03. The number of hydrogen-bond donors (Lipinski definition) is 2. The van der Waals surface area contributed by atoms with Gasteiger partial charge in [0.15, 0.2) is 0 Å². The number of aryl methyl sites for hydroxylation is 1. The molecule has 176 valence electrons. The number of imidazole rings is 1. The molecule has 0 atom stereocenters. The van der Waals surface area contributed by atoms with Crippen LogP contribution in [0.3, 0.4) is 0 Å². The zero-order valence-electron chi connectivity index (χ0n) is 18.9. The fraction of sp³-hybridized carbons (Fsp3) is 0.400. The average molecular weight is 459 g/mol. The van der Waals surface area contributed by atoms with Crippen molar-refractivity contribution in [2.24, 2.45) is 0 Å². The molecule has 2 aromatic carbocycles. The summed E-state index contributed by atoms with van der Waals surface area (Å²) in [5, 5.41) is 3.64. The van der Waals surface area contributed by atoms with E-state index in [9.17, 15) is 13.2 Å². The number of nitrogens with zero attached hydrogens (tertiary/aromatic N) is 2. The maximum absolute atomic E-state index is 12.8. The minimum atomic E-state index is -4.34. The number of aromatic nitrogens is 2. The Morgan fingerprint density at radius 2 is 1.79 bits per heavy atom. The topological polar surface area (TPSA) is 53.2 Å². The van der Waals surface area contributed by atoms with Crippen LogP contribution in [-0.2, 0) is 19.3 Å². The van der Waals surface area contributed by atoms with E-state index in [0.717, 1.165) is 73.9 Å². The molecule has 0 unspecified atom stereocenters. The van der Waals surface area contributed by atoms with Crippen LogP contribution in [0.25, 0.3) is 11.4 Å². The van der Waals surface area contributed by atoms with E-state index in [1.165, 1.54) is 12.1 Å². The number of alkyl halides is 3. The summed E-state index contributed by atoms with van der Waals surface area (Å²) in [6, 6.07) is 13.6. The van der Waals surface area contributed by atoms with Gasteiger partial charge >= 0.3 is 6.18 Å². The molecular weight excluding hydrogens is 429 g/mol. The highest BCUT2D eigenvalue weighted by Crippen LogP contribution is 2.30. The Kier molecular flexibility index (Phi) is 7.05. The van der Waals surface area contributed by atoms with Crippen LogP contribution in [0.2, 0.25) is 0 Å². The second-order valence-electron chi connectivity index (χ2n) is 8.48. The van der Waals surface area contributed by atoms with Gasteiger partial charge in [0.1, 0.15) is 11.6 Å². The van der Waals surface area contributed by atoms with Crippen LogP contribution in [-0.4, -0.2) is 41.1 Å². The first kappa shape index (κ1) is 23.3. The van der Waals surface area contributed by atoms with Crippen LogP contribution in [0.1, 0.15) is 35.4 Å². The molecule has 0 radical (unpaired) electrons. The summed E-state index contributed by atoms with van der Waals surface area (Å²) >= 11 is 0. The minimum absolute atomic E-state index is 0.453. The van der Waals surface area contributed by atoms with Crippen LogP contribution < -0.4 is 10.1 Å². The molecule has 1 fully saturated rings.